The predicted molar refractivity (Wildman–Crippen MR) is 10.9 cm³/mol. The summed E-state index contributed by atoms with van der Waals surface area (Å²) < 4.78 is 0. The van der Waals surface area contributed by atoms with Crippen LogP contribution in [0.25, 0.3) is 0 Å². The maximum atomic E-state index is 9.20. The van der Waals surface area contributed by atoms with E-state index in [0.29, 0.717) is 0 Å². The van der Waals surface area contributed by atoms with Gasteiger partial charge in [-0.05, 0) is 0 Å². The summed E-state index contributed by atoms with van der Waals surface area (Å²) in [6.45, 7) is 0. The Balaban J connectivity index is 0. The first kappa shape index (κ1) is 9.13. The van der Waals surface area contributed by atoms with E-state index in [0.717, 1.165) is 29.6 Å². The van der Waals surface area contributed by atoms with Gasteiger partial charge in [-0.15, -0.1) is 0 Å². The van der Waals surface area contributed by atoms with Gasteiger partial charge in [-0.1, -0.05) is 0 Å². The third-order valence-corrected chi connectivity index (χ3v) is 0.612. The number of carbonyl (C=O) groups is 1. The molecule has 0 aliphatic heterocycles. The Morgan fingerprint density at radius 3 is 2.00 bits per heavy atom. The molecule has 3 heteroatoms. The molecule has 5 heavy (non-hydrogen) atoms. The second-order valence-corrected chi connectivity index (χ2v) is 1.67. The molecular formula is C2H3ClOZn. The number of aldehydes is 1. The van der Waals surface area contributed by atoms with Crippen LogP contribution in [-0.2, 0) is 23.1 Å². The molecule has 0 spiro atoms. The van der Waals surface area contributed by atoms with Crippen molar-refractivity contribution in [1.82, 2.24) is 0 Å². The summed E-state index contributed by atoms with van der Waals surface area (Å²) in [5, 5.41) is 0.764. The van der Waals surface area contributed by atoms with Crippen molar-refractivity contribution in [3.8, 4) is 0 Å². The van der Waals surface area contributed by atoms with Gasteiger partial charge in [0.25, 0.3) is 0 Å². The van der Waals surface area contributed by atoms with Crippen LogP contribution in [0, 0.1) is 0 Å². The molecule has 0 aliphatic carbocycles. The molecule has 0 unspecified atom stereocenters. The molecule has 0 fully saturated rings. The molecule has 0 rings (SSSR count). The molecule has 0 heterocycles. The summed E-state index contributed by atoms with van der Waals surface area (Å²) in [4.78, 5) is 9.20. The van der Waals surface area contributed by atoms with Gasteiger partial charge >= 0.3 is 34.4 Å². The molecule has 0 aromatic carbocycles. The van der Waals surface area contributed by atoms with Crippen molar-refractivity contribution >= 4 is 6.29 Å². The number of halogens is 1. The second-order valence-electron chi connectivity index (χ2n) is 0.455. The summed E-state index contributed by atoms with van der Waals surface area (Å²) in [7, 11) is 0. The third kappa shape index (κ3) is 12.2. The Bertz CT molecular complexity index is 23.6. The maximum Gasteiger partial charge on any atom is -1.00 e. The van der Waals surface area contributed by atoms with Gasteiger partial charge in [0.15, 0.2) is 0 Å². The Labute approximate surface area is 47.2 Å². The Morgan fingerprint density at radius 1 is 1.80 bits per heavy atom. The normalized spacial score (nSPS) is 5.20. The molecule has 0 saturated carbocycles. The van der Waals surface area contributed by atoms with Crippen molar-refractivity contribution in [3.05, 3.63) is 0 Å². The minimum Gasteiger partial charge on any atom is -1.00 e. The quantitative estimate of drug-likeness (QED) is 0.286. The van der Waals surface area contributed by atoms with E-state index in [1.54, 1.807) is 0 Å². The van der Waals surface area contributed by atoms with Crippen molar-refractivity contribution in [3.63, 3.8) is 0 Å². The van der Waals surface area contributed by atoms with Crippen LogP contribution in [0.15, 0.2) is 0 Å². The van der Waals surface area contributed by atoms with Crippen molar-refractivity contribution < 1.29 is 35.5 Å². The van der Waals surface area contributed by atoms with Crippen molar-refractivity contribution in [2.24, 2.45) is 0 Å². The molecule has 0 saturated heterocycles. The minimum absolute atomic E-state index is 0. The van der Waals surface area contributed by atoms with Gasteiger partial charge in [-0.25, -0.2) is 0 Å². The van der Waals surface area contributed by atoms with Crippen LogP contribution in [0.2, 0.25) is 5.02 Å². The van der Waals surface area contributed by atoms with Gasteiger partial charge in [0, 0.05) is 0 Å². The monoisotopic (exact) mass is 142 g/mol. The standard InChI is InChI=1S/C2H3O.ClH.Zn/c1-2-3;;/h2H,1H2;1H;/q;;+1/p-1. The minimum atomic E-state index is 0. The van der Waals surface area contributed by atoms with Crippen LogP contribution in [0.4, 0.5) is 0 Å². The molecule has 0 N–H and O–H groups in total. The Hall–Kier alpha value is 0.583. The van der Waals surface area contributed by atoms with Crippen molar-refractivity contribution in [2.45, 2.75) is 5.02 Å². The summed E-state index contributed by atoms with van der Waals surface area (Å²) in [6, 6.07) is 0. The average Bonchev–Trinajstić information content (AvgIpc) is 1.37. The number of carbonyl (C=O) groups excluding carboxylic acids is 1. The summed E-state index contributed by atoms with van der Waals surface area (Å²) in [5.74, 6) is 0. The molecule has 0 aromatic heterocycles. The summed E-state index contributed by atoms with van der Waals surface area (Å²) >= 11 is 1.10. The summed E-state index contributed by atoms with van der Waals surface area (Å²) in [6.07, 6.45) is 0.931. The molecule has 0 radical (unpaired) electrons. The Kier molecular flexibility index (Phi) is 16.1. The van der Waals surface area contributed by atoms with Crippen LogP contribution in [0.3, 0.4) is 0 Å². The van der Waals surface area contributed by atoms with Gasteiger partial charge in [-0.2, -0.15) is 0 Å². The fourth-order valence-electron chi connectivity index (χ4n) is 0. The van der Waals surface area contributed by atoms with E-state index in [1.807, 2.05) is 0 Å². The van der Waals surface area contributed by atoms with E-state index in [1.165, 1.54) is 0 Å². The first-order valence-corrected chi connectivity index (χ1v) is 3.24. The topological polar surface area (TPSA) is 17.1 Å². The second kappa shape index (κ2) is 8.82. The van der Waals surface area contributed by atoms with E-state index < -0.39 is 0 Å². The SMILES string of the molecule is O=C[CH2][Zn+].[Cl-]. The molecule has 0 aliphatic rings. The fourth-order valence-corrected chi connectivity index (χ4v) is 0. The average molecular weight is 144 g/mol. The zero-order valence-electron chi connectivity index (χ0n) is 2.78. The summed E-state index contributed by atoms with van der Waals surface area (Å²) in [5.41, 5.74) is 0. The molecule has 0 atom stereocenters. The van der Waals surface area contributed by atoms with Gasteiger partial charge in [0.1, 0.15) is 0 Å². The molecule has 26 valence electrons. The number of hydrogen-bond acceptors (Lipinski definition) is 1. The van der Waals surface area contributed by atoms with E-state index in [4.69, 9.17) is 0 Å². The zero-order chi connectivity index (χ0) is 3.41. The molecule has 0 aromatic rings. The van der Waals surface area contributed by atoms with Gasteiger partial charge < -0.3 is 12.4 Å². The largest absolute Gasteiger partial charge is 1.00 e. The zero-order valence-corrected chi connectivity index (χ0v) is 6.50. The van der Waals surface area contributed by atoms with Crippen molar-refractivity contribution in [2.75, 3.05) is 0 Å². The molecule has 0 amide bonds. The van der Waals surface area contributed by atoms with Gasteiger partial charge in [-0.3, -0.25) is 0 Å². The van der Waals surface area contributed by atoms with Crippen LogP contribution < -0.4 is 12.4 Å². The predicted octanol–water partition coefficient (Wildman–Crippen LogP) is -2.85. The third-order valence-electron chi connectivity index (χ3n) is 0.118. The van der Waals surface area contributed by atoms with Crippen LogP contribution in [0.5, 0.6) is 0 Å². The van der Waals surface area contributed by atoms with Gasteiger partial charge in [0.2, 0.25) is 0 Å². The maximum absolute atomic E-state index is 9.20. The van der Waals surface area contributed by atoms with Crippen LogP contribution in [0.1, 0.15) is 0 Å². The van der Waals surface area contributed by atoms with E-state index in [9.17, 15) is 4.79 Å². The number of hydrogen-bond donors (Lipinski definition) is 0. The number of rotatable bonds is 1. The van der Waals surface area contributed by atoms with E-state index >= 15 is 0 Å². The first-order chi connectivity index (χ1) is 1.91. The van der Waals surface area contributed by atoms with Crippen LogP contribution >= 0.6 is 0 Å². The Morgan fingerprint density at radius 2 is 2.00 bits per heavy atom. The van der Waals surface area contributed by atoms with Gasteiger partial charge in [0.05, 0.1) is 0 Å². The molecule has 1 nitrogen and oxygen atoms in total. The smallest absolute Gasteiger partial charge is 1.00 e. The molecular weight excluding hydrogens is 141 g/mol. The van der Waals surface area contributed by atoms with Crippen molar-refractivity contribution in [1.29, 1.82) is 0 Å². The fraction of sp³-hybridized carbons (Fsp3) is 0.500. The molecule has 0 bridgehead atoms. The van der Waals surface area contributed by atoms with E-state index in [-0.39, 0.29) is 12.4 Å². The van der Waals surface area contributed by atoms with Crippen LogP contribution in [-0.4, -0.2) is 6.29 Å². The van der Waals surface area contributed by atoms with E-state index in [2.05, 4.69) is 0 Å². The first-order valence-electron chi connectivity index (χ1n) is 1.14.